The molecule has 1 aromatic heterocycles. The minimum absolute atomic E-state index is 0.119. The molecule has 0 bridgehead atoms. The Balaban J connectivity index is 1.65. The van der Waals surface area contributed by atoms with Crippen LogP contribution in [0.15, 0.2) is 27.4 Å². The van der Waals surface area contributed by atoms with Gasteiger partial charge in [-0.2, -0.15) is 0 Å². The zero-order chi connectivity index (χ0) is 20.5. The van der Waals surface area contributed by atoms with E-state index in [-0.39, 0.29) is 17.8 Å². The number of carbonyl (C=O) groups excluding carboxylic acids is 1. The third kappa shape index (κ3) is 4.93. The lowest BCUT2D eigenvalue weighted by Crippen LogP contribution is -2.45. The van der Waals surface area contributed by atoms with Gasteiger partial charge < -0.3 is 14.5 Å². The van der Waals surface area contributed by atoms with E-state index >= 15 is 0 Å². The van der Waals surface area contributed by atoms with Gasteiger partial charge in [0.25, 0.3) is 0 Å². The highest BCUT2D eigenvalue weighted by molar-refractivity contribution is 5.83. The fourth-order valence-corrected chi connectivity index (χ4v) is 3.61. The van der Waals surface area contributed by atoms with Crippen LogP contribution in [0, 0.1) is 13.8 Å². The molecule has 0 aliphatic carbocycles. The van der Waals surface area contributed by atoms with Crippen molar-refractivity contribution in [2.75, 3.05) is 13.1 Å². The molecule has 1 saturated heterocycles. The highest BCUT2D eigenvalue weighted by atomic mass is 16.6. The number of likely N-dealkylation sites (tertiary alicyclic amines) is 1. The first-order chi connectivity index (χ1) is 13.1. The van der Waals surface area contributed by atoms with Crippen LogP contribution in [0.5, 0.6) is 0 Å². The Morgan fingerprint density at radius 3 is 2.57 bits per heavy atom. The topological polar surface area (TPSA) is 71.8 Å². The fourth-order valence-electron chi connectivity index (χ4n) is 3.61. The lowest BCUT2D eigenvalue weighted by molar-refractivity contribution is 0.0477. The predicted molar refractivity (Wildman–Crippen MR) is 110 cm³/mol. The molecule has 2 aromatic rings. The molecule has 0 saturated carbocycles. The van der Waals surface area contributed by atoms with E-state index in [2.05, 4.69) is 16.3 Å². The summed E-state index contributed by atoms with van der Waals surface area (Å²) in [5.41, 5.74) is 3.00. The van der Waals surface area contributed by atoms with Crippen molar-refractivity contribution >= 4 is 17.1 Å². The third-order valence-electron chi connectivity index (χ3n) is 5.22. The van der Waals surface area contributed by atoms with E-state index in [9.17, 15) is 9.59 Å². The number of rotatable bonds is 3. The third-order valence-corrected chi connectivity index (χ3v) is 5.22. The van der Waals surface area contributed by atoms with E-state index in [1.54, 1.807) is 6.07 Å². The van der Waals surface area contributed by atoms with Crippen molar-refractivity contribution in [3.63, 3.8) is 0 Å². The normalized spacial score (nSPS) is 16.3. The highest BCUT2D eigenvalue weighted by Gasteiger charge is 2.24. The van der Waals surface area contributed by atoms with E-state index in [0.717, 1.165) is 48.0 Å². The van der Waals surface area contributed by atoms with E-state index in [4.69, 9.17) is 9.15 Å². The van der Waals surface area contributed by atoms with Crippen LogP contribution in [-0.2, 0) is 11.3 Å². The molecule has 28 heavy (non-hydrogen) atoms. The summed E-state index contributed by atoms with van der Waals surface area (Å²) in [4.78, 5) is 26.3. The Kier molecular flexibility index (Phi) is 5.79. The van der Waals surface area contributed by atoms with E-state index in [1.807, 2.05) is 40.7 Å². The number of nitrogens with zero attached hydrogens (tertiary/aromatic N) is 1. The molecular weight excluding hydrogens is 356 g/mol. The monoisotopic (exact) mass is 386 g/mol. The summed E-state index contributed by atoms with van der Waals surface area (Å²) in [5, 5.41) is 3.96. The summed E-state index contributed by atoms with van der Waals surface area (Å²) in [6, 6.07) is 5.82. The Morgan fingerprint density at radius 1 is 1.25 bits per heavy atom. The summed E-state index contributed by atoms with van der Waals surface area (Å²) < 4.78 is 10.8. The second-order valence-corrected chi connectivity index (χ2v) is 8.67. The quantitative estimate of drug-likeness (QED) is 0.810. The smallest absolute Gasteiger partial charge is 0.407 e. The van der Waals surface area contributed by atoms with Crippen LogP contribution in [0.2, 0.25) is 0 Å². The van der Waals surface area contributed by atoms with Gasteiger partial charge in [0.15, 0.2) is 0 Å². The minimum atomic E-state index is -0.489. The lowest BCUT2D eigenvalue weighted by Gasteiger charge is -2.33. The summed E-state index contributed by atoms with van der Waals surface area (Å²) in [6.07, 6.45) is 1.36. The van der Waals surface area contributed by atoms with E-state index < -0.39 is 5.60 Å². The fraction of sp³-hybridized carbons (Fsp3) is 0.545. The number of amides is 1. The van der Waals surface area contributed by atoms with Gasteiger partial charge in [-0.3, -0.25) is 4.90 Å². The van der Waals surface area contributed by atoms with Crippen molar-refractivity contribution in [3.05, 3.63) is 45.3 Å². The van der Waals surface area contributed by atoms with Gasteiger partial charge in [-0.05, 0) is 64.2 Å². The van der Waals surface area contributed by atoms with Crippen molar-refractivity contribution in [1.82, 2.24) is 10.2 Å². The predicted octanol–water partition coefficient (Wildman–Crippen LogP) is 3.90. The number of hydrogen-bond donors (Lipinski definition) is 1. The molecule has 6 nitrogen and oxygen atoms in total. The molecule has 1 aliphatic rings. The van der Waals surface area contributed by atoms with Crippen LogP contribution < -0.4 is 10.9 Å². The van der Waals surface area contributed by atoms with Crippen molar-refractivity contribution in [2.45, 2.75) is 65.6 Å². The van der Waals surface area contributed by atoms with Gasteiger partial charge >= 0.3 is 11.7 Å². The van der Waals surface area contributed by atoms with Crippen LogP contribution >= 0.6 is 0 Å². The Hall–Kier alpha value is -2.34. The number of ether oxygens (including phenoxy) is 1. The van der Waals surface area contributed by atoms with Gasteiger partial charge in [0, 0.05) is 37.1 Å². The molecule has 1 N–H and O–H groups in total. The standard InChI is InChI=1S/C22H30N2O4/c1-14-6-7-18-16(12-19(25)27-20(18)15(14)2)13-24-10-8-17(9-11-24)23-21(26)28-22(3,4)5/h6-7,12,17H,8-11,13H2,1-5H3,(H,23,26). The van der Waals surface area contributed by atoms with E-state index in [0.29, 0.717) is 12.1 Å². The largest absolute Gasteiger partial charge is 0.444 e. The van der Waals surface area contributed by atoms with Crippen molar-refractivity contribution < 1.29 is 13.9 Å². The van der Waals surface area contributed by atoms with Gasteiger partial charge in [0.2, 0.25) is 0 Å². The van der Waals surface area contributed by atoms with Crippen LogP contribution in [0.1, 0.15) is 50.3 Å². The molecule has 6 heteroatoms. The zero-order valence-corrected chi connectivity index (χ0v) is 17.4. The van der Waals surface area contributed by atoms with Crippen LogP contribution in [0.3, 0.4) is 0 Å². The Morgan fingerprint density at radius 2 is 1.93 bits per heavy atom. The summed E-state index contributed by atoms with van der Waals surface area (Å²) >= 11 is 0. The van der Waals surface area contributed by atoms with Gasteiger partial charge in [0.05, 0.1) is 0 Å². The van der Waals surface area contributed by atoms with Crippen molar-refractivity contribution in [2.24, 2.45) is 0 Å². The molecule has 0 radical (unpaired) electrons. The molecule has 0 unspecified atom stereocenters. The van der Waals surface area contributed by atoms with Crippen LogP contribution in [-0.4, -0.2) is 35.7 Å². The maximum atomic E-state index is 12.1. The number of hydrogen-bond acceptors (Lipinski definition) is 5. The second-order valence-electron chi connectivity index (χ2n) is 8.67. The molecule has 152 valence electrons. The molecular formula is C22H30N2O4. The van der Waals surface area contributed by atoms with Crippen LogP contribution in [0.4, 0.5) is 4.79 Å². The number of nitrogens with one attached hydrogen (secondary N) is 1. The highest BCUT2D eigenvalue weighted by Crippen LogP contribution is 2.25. The Bertz CT molecular complexity index is 919. The summed E-state index contributed by atoms with van der Waals surface area (Å²) in [7, 11) is 0. The van der Waals surface area contributed by atoms with Gasteiger partial charge in [-0.15, -0.1) is 0 Å². The van der Waals surface area contributed by atoms with Gasteiger partial charge in [-0.25, -0.2) is 9.59 Å². The first-order valence-electron chi connectivity index (χ1n) is 9.87. The van der Waals surface area contributed by atoms with Crippen LogP contribution in [0.25, 0.3) is 11.0 Å². The molecule has 1 aromatic carbocycles. The Labute approximate surface area is 165 Å². The molecule has 1 amide bonds. The number of benzene rings is 1. The molecule has 0 spiro atoms. The van der Waals surface area contributed by atoms with Crippen molar-refractivity contribution in [1.29, 1.82) is 0 Å². The molecule has 2 heterocycles. The number of aryl methyl sites for hydroxylation is 2. The molecule has 3 rings (SSSR count). The first-order valence-corrected chi connectivity index (χ1v) is 9.87. The zero-order valence-electron chi connectivity index (χ0n) is 17.4. The lowest BCUT2D eigenvalue weighted by atomic mass is 10.0. The number of piperidine rings is 1. The summed E-state index contributed by atoms with van der Waals surface area (Å²) in [6.45, 7) is 12.0. The van der Waals surface area contributed by atoms with Gasteiger partial charge in [0.1, 0.15) is 11.2 Å². The van der Waals surface area contributed by atoms with E-state index in [1.165, 1.54) is 0 Å². The second kappa shape index (κ2) is 7.95. The maximum Gasteiger partial charge on any atom is 0.407 e. The SMILES string of the molecule is Cc1ccc2c(CN3CCC(NC(=O)OC(C)(C)C)CC3)cc(=O)oc2c1C. The number of fused-ring (bicyclic) bond motifs is 1. The maximum absolute atomic E-state index is 12.1. The molecule has 0 atom stereocenters. The minimum Gasteiger partial charge on any atom is -0.444 e. The average Bonchev–Trinajstić information content (AvgIpc) is 2.58. The van der Waals surface area contributed by atoms with Gasteiger partial charge in [-0.1, -0.05) is 12.1 Å². The summed E-state index contributed by atoms with van der Waals surface area (Å²) in [5.74, 6) is 0. The molecule has 1 aliphatic heterocycles. The first kappa shape index (κ1) is 20.4. The van der Waals surface area contributed by atoms with Crippen molar-refractivity contribution in [3.8, 4) is 0 Å². The average molecular weight is 386 g/mol. The molecule has 1 fully saturated rings. The number of alkyl carbamates (subject to hydrolysis) is 1. The number of carbonyl (C=O) groups is 1.